The third kappa shape index (κ3) is 3.27. The molecule has 1 saturated heterocycles. The average Bonchev–Trinajstić information content (AvgIpc) is 3.16. The summed E-state index contributed by atoms with van der Waals surface area (Å²) >= 11 is 0. The first kappa shape index (κ1) is 16.8. The summed E-state index contributed by atoms with van der Waals surface area (Å²) in [5.41, 5.74) is 0.992. The van der Waals surface area contributed by atoms with Crippen molar-refractivity contribution < 1.29 is 14.0 Å². The van der Waals surface area contributed by atoms with Crippen LogP contribution in [0.2, 0.25) is 0 Å². The molecular formula is C18H28BNO3. The number of hydrogen-bond donors (Lipinski definition) is 0. The van der Waals surface area contributed by atoms with Crippen molar-refractivity contribution in [1.82, 2.24) is 4.98 Å². The summed E-state index contributed by atoms with van der Waals surface area (Å²) in [6.07, 6.45) is 2.55. The van der Waals surface area contributed by atoms with Crippen LogP contribution in [-0.4, -0.2) is 29.4 Å². The van der Waals surface area contributed by atoms with Crippen molar-refractivity contribution in [3.05, 3.63) is 17.8 Å². The molecule has 126 valence electrons. The molecule has 5 heteroatoms. The SMILES string of the molecule is CC(C)(C)c1ccc(OC2CC2)c(B2OC(C)(C)C(C)(C)O2)n1. The van der Waals surface area contributed by atoms with Crippen molar-refractivity contribution >= 4 is 12.7 Å². The first-order valence-corrected chi connectivity index (χ1v) is 8.53. The minimum absolute atomic E-state index is 0.0312. The molecule has 0 spiro atoms. The summed E-state index contributed by atoms with van der Waals surface area (Å²) in [6.45, 7) is 14.7. The molecule has 1 aliphatic heterocycles. The molecule has 2 aliphatic rings. The first-order chi connectivity index (χ1) is 10.5. The molecule has 1 aliphatic carbocycles. The van der Waals surface area contributed by atoms with Crippen LogP contribution in [0.15, 0.2) is 12.1 Å². The zero-order valence-electron chi connectivity index (χ0n) is 15.4. The van der Waals surface area contributed by atoms with Gasteiger partial charge in [0, 0.05) is 11.1 Å². The molecular weight excluding hydrogens is 289 g/mol. The maximum Gasteiger partial charge on any atom is 0.518 e. The van der Waals surface area contributed by atoms with Crippen LogP contribution in [0.25, 0.3) is 0 Å². The quantitative estimate of drug-likeness (QED) is 0.803. The predicted molar refractivity (Wildman–Crippen MR) is 92.3 cm³/mol. The monoisotopic (exact) mass is 317 g/mol. The Kier molecular flexibility index (Phi) is 3.81. The minimum atomic E-state index is -0.490. The number of pyridine rings is 1. The Morgan fingerprint density at radius 2 is 1.65 bits per heavy atom. The standard InChI is InChI=1S/C18H28BNO3/c1-16(2,3)14-11-10-13(21-12-8-9-12)15(20-14)19-22-17(4,5)18(6,7)23-19/h10-12H,8-9H2,1-7H3. The van der Waals surface area contributed by atoms with Crippen LogP contribution in [0.5, 0.6) is 5.75 Å². The van der Waals surface area contributed by atoms with Crippen LogP contribution in [0.1, 0.15) is 67.0 Å². The number of aromatic nitrogens is 1. The summed E-state index contributed by atoms with van der Waals surface area (Å²) in [5, 5.41) is 0. The highest BCUT2D eigenvalue weighted by Crippen LogP contribution is 2.37. The van der Waals surface area contributed by atoms with Crippen molar-refractivity contribution in [2.24, 2.45) is 0 Å². The van der Waals surface area contributed by atoms with E-state index in [-0.39, 0.29) is 16.6 Å². The average molecular weight is 317 g/mol. The Morgan fingerprint density at radius 1 is 1.09 bits per heavy atom. The summed E-state index contributed by atoms with van der Waals surface area (Å²) in [5.74, 6) is 0.791. The summed E-state index contributed by atoms with van der Waals surface area (Å²) in [4.78, 5) is 4.86. The predicted octanol–water partition coefficient (Wildman–Crippen LogP) is 3.22. The smallest absolute Gasteiger partial charge is 0.489 e. The van der Waals surface area contributed by atoms with Gasteiger partial charge in [-0.1, -0.05) is 20.8 Å². The van der Waals surface area contributed by atoms with E-state index >= 15 is 0 Å². The lowest BCUT2D eigenvalue weighted by molar-refractivity contribution is 0.00578. The van der Waals surface area contributed by atoms with Crippen molar-refractivity contribution in [3.8, 4) is 5.75 Å². The largest absolute Gasteiger partial charge is 0.518 e. The summed E-state index contributed by atoms with van der Waals surface area (Å²) in [6, 6.07) is 4.07. The van der Waals surface area contributed by atoms with E-state index < -0.39 is 7.12 Å². The van der Waals surface area contributed by atoms with Gasteiger partial charge >= 0.3 is 7.12 Å². The van der Waals surface area contributed by atoms with E-state index in [1.807, 2.05) is 12.1 Å². The number of ether oxygens (including phenoxy) is 1. The Bertz CT molecular complexity index is 587. The molecule has 1 aromatic rings. The van der Waals surface area contributed by atoms with E-state index in [1.165, 1.54) is 0 Å². The second-order valence-corrected chi connectivity index (χ2v) is 8.74. The molecule has 4 nitrogen and oxygen atoms in total. The third-order valence-electron chi connectivity index (χ3n) is 4.95. The molecule has 2 fully saturated rings. The lowest BCUT2D eigenvalue weighted by Gasteiger charge is -2.32. The zero-order chi connectivity index (χ0) is 17.0. The molecule has 0 amide bonds. The van der Waals surface area contributed by atoms with Crippen molar-refractivity contribution in [3.63, 3.8) is 0 Å². The topological polar surface area (TPSA) is 40.6 Å². The van der Waals surface area contributed by atoms with E-state index in [2.05, 4.69) is 48.5 Å². The van der Waals surface area contributed by atoms with E-state index in [0.717, 1.165) is 29.9 Å². The molecule has 23 heavy (non-hydrogen) atoms. The van der Waals surface area contributed by atoms with Gasteiger partial charge < -0.3 is 14.0 Å². The molecule has 0 bridgehead atoms. The van der Waals surface area contributed by atoms with Crippen LogP contribution in [0, 0.1) is 0 Å². The molecule has 1 saturated carbocycles. The zero-order valence-corrected chi connectivity index (χ0v) is 15.4. The third-order valence-corrected chi connectivity index (χ3v) is 4.95. The van der Waals surface area contributed by atoms with Gasteiger partial charge in [-0.2, -0.15) is 0 Å². The maximum absolute atomic E-state index is 6.20. The van der Waals surface area contributed by atoms with E-state index in [1.54, 1.807) is 0 Å². The molecule has 3 rings (SSSR count). The van der Waals surface area contributed by atoms with Gasteiger partial charge in [0.25, 0.3) is 0 Å². The number of hydrogen-bond acceptors (Lipinski definition) is 4. The highest BCUT2D eigenvalue weighted by Gasteiger charge is 2.53. The van der Waals surface area contributed by atoms with Crippen LogP contribution in [0.3, 0.4) is 0 Å². The molecule has 0 N–H and O–H groups in total. The van der Waals surface area contributed by atoms with Crippen molar-refractivity contribution in [2.45, 2.75) is 84.0 Å². The van der Waals surface area contributed by atoms with Gasteiger partial charge in [-0.15, -0.1) is 0 Å². The van der Waals surface area contributed by atoms with Gasteiger partial charge in [-0.3, -0.25) is 4.98 Å². The van der Waals surface area contributed by atoms with E-state index in [4.69, 9.17) is 19.0 Å². The molecule has 1 aromatic heterocycles. The highest BCUT2D eigenvalue weighted by atomic mass is 16.7. The van der Waals surface area contributed by atoms with Crippen LogP contribution >= 0.6 is 0 Å². The van der Waals surface area contributed by atoms with Crippen molar-refractivity contribution in [1.29, 1.82) is 0 Å². The number of nitrogens with zero attached hydrogens (tertiary/aromatic N) is 1. The van der Waals surface area contributed by atoms with Crippen molar-refractivity contribution in [2.75, 3.05) is 0 Å². The Balaban J connectivity index is 1.98. The Hall–Kier alpha value is -1.07. The van der Waals surface area contributed by atoms with Crippen LogP contribution in [-0.2, 0) is 14.7 Å². The fourth-order valence-corrected chi connectivity index (χ4v) is 2.47. The second-order valence-electron chi connectivity index (χ2n) is 8.74. The summed E-state index contributed by atoms with van der Waals surface area (Å²) in [7, 11) is -0.490. The molecule has 0 aromatic carbocycles. The first-order valence-electron chi connectivity index (χ1n) is 8.53. The van der Waals surface area contributed by atoms with Gasteiger partial charge in [-0.25, -0.2) is 0 Å². The fraction of sp³-hybridized carbons (Fsp3) is 0.722. The summed E-state index contributed by atoms with van der Waals surface area (Å²) < 4.78 is 18.4. The molecule has 0 unspecified atom stereocenters. The maximum atomic E-state index is 6.20. The van der Waals surface area contributed by atoms with Gasteiger partial charge in [-0.05, 0) is 52.7 Å². The van der Waals surface area contributed by atoms with Crippen LogP contribution < -0.4 is 10.3 Å². The fourth-order valence-electron chi connectivity index (χ4n) is 2.47. The van der Waals surface area contributed by atoms with Gasteiger partial charge in [0.15, 0.2) is 0 Å². The van der Waals surface area contributed by atoms with Gasteiger partial charge in [0.1, 0.15) is 11.3 Å². The molecule has 0 radical (unpaired) electrons. The van der Waals surface area contributed by atoms with Gasteiger partial charge in [0.2, 0.25) is 0 Å². The van der Waals surface area contributed by atoms with Crippen LogP contribution in [0.4, 0.5) is 0 Å². The highest BCUT2D eigenvalue weighted by molar-refractivity contribution is 6.62. The lowest BCUT2D eigenvalue weighted by Crippen LogP contribution is -2.41. The Morgan fingerprint density at radius 3 is 2.13 bits per heavy atom. The van der Waals surface area contributed by atoms with E-state index in [9.17, 15) is 0 Å². The second kappa shape index (κ2) is 5.22. The number of rotatable bonds is 3. The molecule has 2 heterocycles. The Labute approximate surface area is 140 Å². The normalized spacial score (nSPS) is 23.2. The molecule has 0 atom stereocenters. The minimum Gasteiger partial charge on any atom is -0.489 e. The van der Waals surface area contributed by atoms with Gasteiger partial charge in [0.05, 0.1) is 17.3 Å². The lowest BCUT2D eigenvalue weighted by atomic mass is 9.81. The van der Waals surface area contributed by atoms with E-state index in [0.29, 0.717) is 6.10 Å².